The fourth-order valence-corrected chi connectivity index (χ4v) is 3.33. The molecule has 0 bridgehead atoms. The summed E-state index contributed by atoms with van der Waals surface area (Å²) < 4.78 is 0. The lowest BCUT2D eigenvalue weighted by Gasteiger charge is -2.03. The monoisotopic (exact) mass is 325 g/mol. The van der Waals surface area contributed by atoms with Gasteiger partial charge in [-0.1, -0.05) is 12.1 Å². The zero-order valence-corrected chi connectivity index (χ0v) is 13.4. The van der Waals surface area contributed by atoms with E-state index in [2.05, 4.69) is 44.2 Å². The van der Waals surface area contributed by atoms with Gasteiger partial charge >= 0.3 is 0 Å². The molecule has 5 heteroatoms. The summed E-state index contributed by atoms with van der Waals surface area (Å²) in [5.74, 6) is 0.511. The number of rotatable bonds is 2. The zero-order chi connectivity index (χ0) is 16.8. The Labute approximate surface area is 144 Å². The number of fused-ring (bicyclic) bond motifs is 2. The van der Waals surface area contributed by atoms with E-state index in [1.807, 2.05) is 30.6 Å². The molecule has 5 rings (SSSR count). The van der Waals surface area contributed by atoms with Gasteiger partial charge in [0, 0.05) is 29.7 Å². The first-order valence-corrected chi connectivity index (χ1v) is 8.11. The third kappa shape index (κ3) is 2.29. The van der Waals surface area contributed by atoms with Crippen LogP contribution in [0, 0.1) is 0 Å². The Kier molecular flexibility index (Phi) is 2.94. The van der Waals surface area contributed by atoms with E-state index in [0.717, 1.165) is 40.0 Å². The van der Waals surface area contributed by atoms with Gasteiger partial charge in [-0.2, -0.15) is 0 Å². The Morgan fingerprint density at radius 1 is 0.920 bits per heavy atom. The average Bonchev–Trinajstić information content (AvgIpc) is 3.27. The lowest BCUT2D eigenvalue weighted by Crippen LogP contribution is -1.90. The van der Waals surface area contributed by atoms with Gasteiger partial charge < -0.3 is 10.7 Å². The molecule has 0 amide bonds. The summed E-state index contributed by atoms with van der Waals surface area (Å²) in [6, 6.07) is 14.4. The van der Waals surface area contributed by atoms with Crippen LogP contribution in [0.5, 0.6) is 0 Å². The molecule has 0 fully saturated rings. The maximum atomic E-state index is 5.84. The Balaban J connectivity index is 1.66. The summed E-state index contributed by atoms with van der Waals surface area (Å²) in [6.07, 6.45) is 5.47. The van der Waals surface area contributed by atoms with Gasteiger partial charge in [-0.05, 0) is 58.1 Å². The second kappa shape index (κ2) is 5.27. The second-order valence-electron chi connectivity index (χ2n) is 6.16. The van der Waals surface area contributed by atoms with Crippen LogP contribution in [0.15, 0.2) is 59.9 Å². The molecule has 0 radical (unpaired) electrons. The fraction of sp³-hybridized carbons (Fsp3) is 0.0500. The number of nitrogens with one attached hydrogen (secondary N) is 1. The van der Waals surface area contributed by atoms with Crippen LogP contribution in [0.4, 0.5) is 5.82 Å². The molecular formula is C20H15N5. The van der Waals surface area contributed by atoms with Gasteiger partial charge in [0.1, 0.15) is 11.5 Å². The minimum absolute atomic E-state index is 0.511. The van der Waals surface area contributed by atoms with E-state index < -0.39 is 0 Å². The van der Waals surface area contributed by atoms with Crippen molar-refractivity contribution in [2.45, 2.75) is 6.54 Å². The third-order valence-electron chi connectivity index (χ3n) is 4.57. The Bertz CT molecular complexity index is 1140. The van der Waals surface area contributed by atoms with Gasteiger partial charge in [0.05, 0.1) is 6.54 Å². The summed E-state index contributed by atoms with van der Waals surface area (Å²) >= 11 is 0. The van der Waals surface area contributed by atoms with Gasteiger partial charge in [0.2, 0.25) is 0 Å². The Morgan fingerprint density at radius 2 is 1.84 bits per heavy atom. The largest absolute Gasteiger partial charge is 0.384 e. The topological polar surface area (TPSA) is 80.0 Å². The third-order valence-corrected chi connectivity index (χ3v) is 4.57. The first kappa shape index (κ1) is 13.9. The number of benzene rings is 1. The molecule has 4 aromatic rings. The summed E-state index contributed by atoms with van der Waals surface area (Å²) in [6.45, 7) is 0.753. The maximum Gasteiger partial charge on any atom is 0.138 e. The van der Waals surface area contributed by atoms with E-state index >= 15 is 0 Å². The van der Waals surface area contributed by atoms with Crippen molar-refractivity contribution in [3.8, 4) is 22.4 Å². The normalized spacial score (nSPS) is 12.6. The minimum atomic E-state index is 0.511. The molecular weight excluding hydrogens is 310 g/mol. The molecule has 5 nitrogen and oxygen atoms in total. The van der Waals surface area contributed by atoms with E-state index in [1.165, 1.54) is 11.1 Å². The number of H-pyrrole nitrogens is 1. The molecule has 0 unspecified atom stereocenters. The van der Waals surface area contributed by atoms with Crippen LogP contribution in [0.25, 0.3) is 33.4 Å². The van der Waals surface area contributed by atoms with Gasteiger partial charge in [-0.25, -0.2) is 9.97 Å². The summed E-state index contributed by atoms with van der Waals surface area (Å²) in [4.78, 5) is 16.3. The quantitative estimate of drug-likeness (QED) is 0.588. The van der Waals surface area contributed by atoms with Crippen molar-refractivity contribution in [3.05, 3.63) is 66.0 Å². The first-order valence-electron chi connectivity index (χ1n) is 8.11. The number of hydrogen-bond acceptors (Lipinski definition) is 4. The molecule has 0 spiro atoms. The standard InChI is InChI=1S/C20H15N5/c21-19-8-12(3-5-23-19)16-4-6-24-20-17(16)9-18(25-20)13-1-2-14-10-22-11-15(14)7-13/h1-10H,11H2,(H2,21,23)(H,24,25). The first-order chi connectivity index (χ1) is 12.3. The highest BCUT2D eigenvalue weighted by Crippen LogP contribution is 2.32. The summed E-state index contributed by atoms with van der Waals surface area (Å²) in [7, 11) is 0. The molecule has 0 atom stereocenters. The van der Waals surface area contributed by atoms with Gasteiger partial charge in [0.15, 0.2) is 0 Å². The van der Waals surface area contributed by atoms with Crippen molar-refractivity contribution >= 4 is 23.1 Å². The van der Waals surface area contributed by atoms with Gasteiger partial charge in [-0.3, -0.25) is 4.99 Å². The number of nitrogens with zero attached hydrogens (tertiary/aromatic N) is 3. The van der Waals surface area contributed by atoms with Crippen LogP contribution < -0.4 is 5.73 Å². The van der Waals surface area contributed by atoms with E-state index in [0.29, 0.717) is 5.82 Å². The molecule has 1 aromatic carbocycles. The Morgan fingerprint density at radius 3 is 2.76 bits per heavy atom. The Hall–Kier alpha value is -3.47. The molecule has 3 aromatic heterocycles. The molecule has 0 saturated carbocycles. The summed E-state index contributed by atoms with van der Waals surface area (Å²) in [5, 5.41) is 1.07. The predicted molar refractivity (Wildman–Crippen MR) is 100 cm³/mol. The highest BCUT2D eigenvalue weighted by molar-refractivity contribution is 5.96. The number of aliphatic imine (C=N–C) groups is 1. The number of pyridine rings is 2. The lowest BCUT2D eigenvalue weighted by molar-refractivity contribution is 1.11. The molecule has 4 heterocycles. The van der Waals surface area contributed by atoms with E-state index in [-0.39, 0.29) is 0 Å². The number of anilines is 1. The van der Waals surface area contributed by atoms with Crippen LogP contribution in [0.2, 0.25) is 0 Å². The molecule has 25 heavy (non-hydrogen) atoms. The van der Waals surface area contributed by atoms with Gasteiger partial charge in [-0.15, -0.1) is 0 Å². The molecule has 1 aliphatic heterocycles. The van der Waals surface area contributed by atoms with Crippen LogP contribution in [0.3, 0.4) is 0 Å². The number of nitrogens with two attached hydrogens (primary N) is 1. The SMILES string of the molecule is Nc1cc(-c2ccnc3[nH]c(-c4ccc5c(c4)CN=C5)cc23)ccn1. The summed E-state index contributed by atoms with van der Waals surface area (Å²) in [5.41, 5.74) is 13.5. The highest BCUT2D eigenvalue weighted by atomic mass is 14.9. The zero-order valence-electron chi connectivity index (χ0n) is 13.4. The highest BCUT2D eigenvalue weighted by Gasteiger charge is 2.12. The molecule has 3 N–H and O–H groups in total. The lowest BCUT2D eigenvalue weighted by atomic mass is 10.0. The number of nitrogen functional groups attached to an aromatic ring is 1. The van der Waals surface area contributed by atoms with Crippen molar-refractivity contribution in [3.63, 3.8) is 0 Å². The second-order valence-corrected chi connectivity index (χ2v) is 6.16. The van der Waals surface area contributed by atoms with Crippen molar-refractivity contribution in [2.24, 2.45) is 4.99 Å². The van der Waals surface area contributed by atoms with Crippen molar-refractivity contribution < 1.29 is 0 Å². The maximum absolute atomic E-state index is 5.84. The molecule has 0 aliphatic carbocycles. The average molecular weight is 325 g/mol. The molecule has 120 valence electrons. The molecule has 1 aliphatic rings. The number of hydrogen-bond donors (Lipinski definition) is 2. The van der Waals surface area contributed by atoms with Crippen molar-refractivity contribution in [1.29, 1.82) is 0 Å². The van der Waals surface area contributed by atoms with E-state index in [9.17, 15) is 0 Å². The minimum Gasteiger partial charge on any atom is -0.384 e. The van der Waals surface area contributed by atoms with Crippen molar-refractivity contribution in [1.82, 2.24) is 15.0 Å². The number of aromatic nitrogens is 3. The van der Waals surface area contributed by atoms with Crippen LogP contribution in [0.1, 0.15) is 11.1 Å². The van der Waals surface area contributed by atoms with E-state index in [4.69, 9.17) is 5.73 Å². The van der Waals surface area contributed by atoms with E-state index in [1.54, 1.807) is 6.20 Å². The predicted octanol–water partition coefficient (Wildman–Crippen LogP) is 3.81. The van der Waals surface area contributed by atoms with Crippen LogP contribution in [-0.2, 0) is 6.54 Å². The smallest absolute Gasteiger partial charge is 0.138 e. The van der Waals surface area contributed by atoms with Crippen molar-refractivity contribution in [2.75, 3.05) is 5.73 Å². The molecule has 0 saturated heterocycles. The van der Waals surface area contributed by atoms with Crippen LogP contribution in [-0.4, -0.2) is 21.2 Å². The van der Waals surface area contributed by atoms with Gasteiger partial charge in [0.25, 0.3) is 0 Å². The fourth-order valence-electron chi connectivity index (χ4n) is 3.33. The van der Waals surface area contributed by atoms with Crippen LogP contribution >= 0.6 is 0 Å². The number of aromatic amines is 1.